The van der Waals surface area contributed by atoms with E-state index in [2.05, 4.69) is 50.0 Å². The summed E-state index contributed by atoms with van der Waals surface area (Å²) in [6, 6.07) is 1.56. The van der Waals surface area contributed by atoms with Gasteiger partial charge in [0.05, 0.1) is 0 Å². The van der Waals surface area contributed by atoms with Gasteiger partial charge in [-0.2, -0.15) is 0 Å². The van der Waals surface area contributed by atoms with Gasteiger partial charge in [0.15, 0.2) is 0 Å². The van der Waals surface area contributed by atoms with Gasteiger partial charge in [0.25, 0.3) is 0 Å². The molecule has 2 fully saturated rings. The van der Waals surface area contributed by atoms with Gasteiger partial charge in [0.2, 0.25) is 0 Å². The van der Waals surface area contributed by atoms with E-state index >= 15 is 0 Å². The van der Waals surface area contributed by atoms with Gasteiger partial charge in [-0.05, 0) is 38.3 Å². The molecule has 3 nitrogen and oxygen atoms in total. The molecular weight excluding hydrogens is 222 g/mol. The summed E-state index contributed by atoms with van der Waals surface area (Å²) in [7, 11) is 4.43. The van der Waals surface area contributed by atoms with Crippen LogP contribution in [0, 0.1) is 11.3 Å². The average molecular weight is 253 g/mol. The van der Waals surface area contributed by atoms with Crippen molar-refractivity contribution < 1.29 is 0 Å². The van der Waals surface area contributed by atoms with Crippen molar-refractivity contribution in [2.45, 2.75) is 45.7 Å². The lowest BCUT2D eigenvalue weighted by atomic mass is 9.92. The van der Waals surface area contributed by atoms with E-state index in [1.165, 1.54) is 32.5 Å². The topological polar surface area (TPSA) is 18.5 Å². The van der Waals surface area contributed by atoms with Crippen molar-refractivity contribution in [3.05, 3.63) is 0 Å². The van der Waals surface area contributed by atoms with E-state index in [0.29, 0.717) is 5.41 Å². The van der Waals surface area contributed by atoms with Crippen LogP contribution in [0.4, 0.5) is 0 Å². The standard InChI is InChI=1S/C15H31N3/c1-12-8-18(9-14(12)17(4)5)11-15(2,3)10-16-13-6-7-13/h12-14,16H,6-11H2,1-5H3. The highest BCUT2D eigenvalue weighted by Gasteiger charge is 2.34. The predicted octanol–water partition coefficient (Wildman–Crippen LogP) is 1.65. The third-order valence-corrected chi connectivity index (χ3v) is 4.41. The molecule has 1 saturated heterocycles. The molecule has 0 aromatic rings. The monoisotopic (exact) mass is 253 g/mol. The number of rotatable bonds is 6. The molecule has 0 radical (unpaired) electrons. The van der Waals surface area contributed by atoms with Crippen molar-refractivity contribution in [3.63, 3.8) is 0 Å². The Hall–Kier alpha value is -0.120. The van der Waals surface area contributed by atoms with Gasteiger partial charge in [0, 0.05) is 38.3 Å². The maximum absolute atomic E-state index is 3.68. The minimum atomic E-state index is 0.392. The lowest BCUT2D eigenvalue weighted by Gasteiger charge is -2.31. The molecule has 106 valence electrons. The van der Waals surface area contributed by atoms with Crippen LogP contribution in [0.25, 0.3) is 0 Å². The van der Waals surface area contributed by atoms with Crippen LogP contribution >= 0.6 is 0 Å². The molecule has 0 aromatic heterocycles. The van der Waals surface area contributed by atoms with E-state index in [1.54, 1.807) is 0 Å². The molecular formula is C15H31N3. The molecule has 18 heavy (non-hydrogen) atoms. The Bertz CT molecular complexity index is 271. The maximum atomic E-state index is 3.68. The molecule has 2 rings (SSSR count). The zero-order valence-corrected chi connectivity index (χ0v) is 12.9. The van der Waals surface area contributed by atoms with Crippen molar-refractivity contribution >= 4 is 0 Å². The van der Waals surface area contributed by atoms with Crippen molar-refractivity contribution in [1.82, 2.24) is 15.1 Å². The fourth-order valence-corrected chi connectivity index (χ4v) is 3.22. The first kappa shape index (κ1) is 14.3. The first-order chi connectivity index (χ1) is 8.37. The molecule has 0 spiro atoms. The largest absolute Gasteiger partial charge is 0.313 e. The normalized spacial score (nSPS) is 30.3. The zero-order chi connectivity index (χ0) is 13.3. The molecule has 0 amide bonds. The Morgan fingerprint density at radius 1 is 1.22 bits per heavy atom. The molecule has 2 unspecified atom stereocenters. The summed E-state index contributed by atoms with van der Waals surface area (Å²) in [5.74, 6) is 0.798. The molecule has 2 aliphatic rings. The van der Waals surface area contributed by atoms with Crippen LogP contribution in [0.15, 0.2) is 0 Å². The summed E-state index contributed by atoms with van der Waals surface area (Å²) in [4.78, 5) is 5.05. The van der Waals surface area contributed by atoms with Crippen molar-refractivity contribution in [1.29, 1.82) is 0 Å². The van der Waals surface area contributed by atoms with Gasteiger partial charge in [-0.25, -0.2) is 0 Å². The minimum absolute atomic E-state index is 0.392. The van der Waals surface area contributed by atoms with E-state index in [-0.39, 0.29) is 0 Å². The molecule has 2 atom stereocenters. The first-order valence-corrected chi connectivity index (χ1v) is 7.49. The molecule has 1 N–H and O–H groups in total. The second-order valence-corrected chi connectivity index (χ2v) is 7.52. The number of likely N-dealkylation sites (tertiary alicyclic amines) is 1. The lowest BCUT2D eigenvalue weighted by molar-refractivity contribution is 0.189. The van der Waals surface area contributed by atoms with Crippen molar-refractivity contribution in [3.8, 4) is 0 Å². The molecule has 3 heteroatoms. The second kappa shape index (κ2) is 5.48. The number of hydrogen-bond donors (Lipinski definition) is 1. The van der Waals surface area contributed by atoms with Crippen LogP contribution in [0.2, 0.25) is 0 Å². The quantitative estimate of drug-likeness (QED) is 0.776. The zero-order valence-electron chi connectivity index (χ0n) is 12.9. The number of hydrogen-bond acceptors (Lipinski definition) is 3. The van der Waals surface area contributed by atoms with Crippen LogP contribution < -0.4 is 5.32 Å². The molecule has 0 bridgehead atoms. The smallest absolute Gasteiger partial charge is 0.0254 e. The lowest BCUT2D eigenvalue weighted by Crippen LogP contribution is -2.41. The highest BCUT2D eigenvalue weighted by atomic mass is 15.2. The second-order valence-electron chi connectivity index (χ2n) is 7.52. The van der Waals surface area contributed by atoms with E-state index in [9.17, 15) is 0 Å². The number of nitrogens with one attached hydrogen (secondary N) is 1. The summed E-state index contributed by atoms with van der Waals surface area (Å²) in [5.41, 5.74) is 0.392. The SMILES string of the molecule is CC1CN(CC(C)(C)CNC2CC2)CC1N(C)C. The fraction of sp³-hybridized carbons (Fsp3) is 1.00. The summed E-state index contributed by atoms with van der Waals surface area (Å²) >= 11 is 0. The molecule has 0 aromatic carbocycles. The van der Waals surface area contributed by atoms with Gasteiger partial charge < -0.3 is 15.1 Å². The maximum Gasteiger partial charge on any atom is 0.0254 e. The Labute approximate surface area is 113 Å². The van der Waals surface area contributed by atoms with Crippen LogP contribution in [0.1, 0.15) is 33.6 Å². The molecule has 1 saturated carbocycles. The van der Waals surface area contributed by atoms with Crippen LogP contribution in [0.5, 0.6) is 0 Å². The van der Waals surface area contributed by atoms with Crippen LogP contribution in [-0.2, 0) is 0 Å². The summed E-state index contributed by atoms with van der Waals surface area (Å²) in [6.07, 6.45) is 2.78. The molecule has 1 aliphatic heterocycles. The van der Waals surface area contributed by atoms with E-state index in [4.69, 9.17) is 0 Å². The Balaban J connectivity index is 1.77. The van der Waals surface area contributed by atoms with Crippen molar-refractivity contribution in [2.75, 3.05) is 40.3 Å². The fourth-order valence-electron chi connectivity index (χ4n) is 3.22. The summed E-state index contributed by atoms with van der Waals surface area (Å²) < 4.78 is 0. The van der Waals surface area contributed by atoms with Gasteiger partial charge in [-0.1, -0.05) is 20.8 Å². The van der Waals surface area contributed by atoms with E-state index in [1.807, 2.05) is 0 Å². The summed E-state index contributed by atoms with van der Waals surface area (Å²) in [5, 5.41) is 3.68. The molecule has 1 aliphatic carbocycles. The minimum Gasteiger partial charge on any atom is -0.313 e. The van der Waals surface area contributed by atoms with Crippen molar-refractivity contribution in [2.24, 2.45) is 11.3 Å². The van der Waals surface area contributed by atoms with Crippen LogP contribution in [-0.4, -0.2) is 62.2 Å². The van der Waals surface area contributed by atoms with Gasteiger partial charge in [-0.3, -0.25) is 0 Å². The molecule has 1 heterocycles. The Morgan fingerprint density at radius 2 is 1.89 bits per heavy atom. The third-order valence-electron chi connectivity index (χ3n) is 4.41. The van der Waals surface area contributed by atoms with Gasteiger partial charge in [-0.15, -0.1) is 0 Å². The predicted molar refractivity (Wildman–Crippen MR) is 77.9 cm³/mol. The number of likely N-dealkylation sites (N-methyl/N-ethyl adjacent to an activating group) is 1. The highest BCUT2D eigenvalue weighted by Crippen LogP contribution is 2.26. The Kier molecular flexibility index (Phi) is 4.35. The first-order valence-electron chi connectivity index (χ1n) is 7.49. The van der Waals surface area contributed by atoms with E-state index < -0.39 is 0 Å². The summed E-state index contributed by atoms with van der Waals surface area (Å²) in [6.45, 7) is 12.1. The highest BCUT2D eigenvalue weighted by molar-refractivity contribution is 4.90. The third kappa shape index (κ3) is 3.94. The average Bonchev–Trinajstić information content (AvgIpc) is 3.00. The van der Waals surface area contributed by atoms with Crippen LogP contribution in [0.3, 0.4) is 0 Å². The van der Waals surface area contributed by atoms with Gasteiger partial charge >= 0.3 is 0 Å². The Morgan fingerprint density at radius 3 is 2.39 bits per heavy atom. The van der Waals surface area contributed by atoms with E-state index in [0.717, 1.165) is 24.5 Å². The van der Waals surface area contributed by atoms with Gasteiger partial charge in [0.1, 0.15) is 0 Å². The number of nitrogens with zero attached hydrogens (tertiary/aromatic N) is 2.